The first-order valence-electron chi connectivity index (χ1n) is 10.2. The Balaban J connectivity index is 1.62. The van der Waals surface area contributed by atoms with Crippen molar-refractivity contribution in [2.45, 2.75) is 24.8 Å². The Morgan fingerprint density at radius 2 is 1.77 bits per heavy atom. The summed E-state index contributed by atoms with van der Waals surface area (Å²) in [7, 11) is 1.65. The lowest BCUT2D eigenvalue weighted by Crippen LogP contribution is -2.43. The van der Waals surface area contributed by atoms with Crippen LogP contribution in [0.2, 0.25) is 0 Å². The fourth-order valence-electron chi connectivity index (χ4n) is 4.01. The highest BCUT2D eigenvalue weighted by Gasteiger charge is 2.34. The molecule has 0 aliphatic heterocycles. The van der Waals surface area contributed by atoms with Gasteiger partial charge in [-0.3, -0.25) is 0 Å². The van der Waals surface area contributed by atoms with Crippen molar-refractivity contribution in [2.75, 3.05) is 7.11 Å². The molecule has 5 rings (SSSR count). The second-order valence-corrected chi connectivity index (χ2v) is 7.81. The van der Waals surface area contributed by atoms with Gasteiger partial charge in [-0.2, -0.15) is 5.10 Å². The molecule has 1 aliphatic rings. The molecule has 2 aromatic heterocycles. The number of nitrogens with zero attached hydrogens (tertiary/aromatic N) is 3. The van der Waals surface area contributed by atoms with Gasteiger partial charge in [0.1, 0.15) is 0 Å². The minimum atomic E-state index is -0.168. The first-order valence-corrected chi connectivity index (χ1v) is 10.2. The minimum Gasteiger partial charge on any atom is -0.493 e. The van der Waals surface area contributed by atoms with E-state index in [1.807, 2.05) is 28.8 Å². The molecule has 5 nitrogen and oxygen atoms in total. The summed E-state index contributed by atoms with van der Waals surface area (Å²) < 4.78 is 7.35. The predicted octanol–water partition coefficient (Wildman–Crippen LogP) is 4.91. The second kappa shape index (κ2) is 7.43. The van der Waals surface area contributed by atoms with E-state index in [-0.39, 0.29) is 5.54 Å². The zero-order valence-electron chi connectivity index (χ0n) is 17.0. The van der Waals surface area contributed by atoms with Crippen molar-refractivity contribution in [1.29, 1.82) is 0 Å². The summed E-state index contributed by atoms with van der Waals surface area (Å²) in [5.41, 5.74) is 12.1. The van der Waals surface area contributed by atoms with Crippen LogP contribution in [0.25, 0.3) is 29.1 Å². The number of hydrogen-bond acceptors (Lipinski definition) is 4. The fraction of sp³-hybridized carbons (Fsp3) is 0.200. The molecule has 0 amide bonds. The topological polar surface area (TPSA) is 65.4 Å². The van der Waals surface area contributed by atoms with Gasteiger partial charge in [-0.1, -0.05) is 60.7 Å². The molecule has 0 spiro atoms. The number of methoxy groups -OCH3 is 1. The number of ether oxygens (including phenoxy) is 1. The van der Waals surface area contributed by atoms with Gasteiger partial charge in [0, 0.05) is 17.2 Å². The van der Waals surface area contributed by atoms with Crippen LogP contribution in [0.15, 0.2) is 66.9 Å². The summed E-state index contributed by atoms with van der Waals surface area (Å²) >= 11 is 0. The zero-order chi connectivity index (χ0) is 20.6. The molecule has 0 bridgehead atoms. The maximum absolute atomic E-state index is 6.50. The van der Waals surface area contributed by atoms with Crippen LogP contribution in [0, 0.1) is 0 Å². The van der Waals surface area contributed by atoms with Gasteiger partial charge in [0.05, 0.1) is 24.7 Å². The summed E-state index contributed by atoms with van der Waals surface area (Å²) in [5.74, 6) is 0.692. The SMILES string of the molecule is COc1ccnn2c(C=Cc3ccccc3)c(-c3ccc(C4(N)CCC4)cc3)nc12. The maximum atomic E-state index is 6.50. The number of benzene rings is 2. The molecular weight excluding hydrogens is 372 g/mol. The van der Waals surface area contributed by atoms with E-state index in [0.717, 1.165) is 35.4 Å². The van der Waals surface area contributed by atoms with Crippen LogP contribution in [0.1, 0.15) is 36.1 Å². The molecular formula is C25H24N4O. The Morgan fingerprint density at radius 3 is 2.43 bits per heavy atom. The lowest BCUT2D eigenvalue weighted by atomic mass is 9.72. The second-order valence-electron chi connectivity index (χ2n) is 7.81. The third kappa shape index (κ3) is 3.17. The Bertz CT molecular complexity index is 1210. The Morgan fingerprint density at radius 1 is 1.00 bits per heavy atom. The van der Waals surface area contributed by atoms with E-state index in [9.17, 15) is 0 Å². The lowest BCUT2D eigenvalue weighted by Gasteiger charge is -2.38. The summed E-state index contributed by atoms with van der Waals surface area (Å²) in [5, 5.41) is 4.53. The van der Waals surface area contributed by atoms with Gasteiger partial charge in [-0.25, -0.2) is 9.50 Å². The summed E-state index contributed by atoms with van der Waals surface area (Å²) in [6.07, 6.45) is 9.16. The van der Waals surface area contributed by atoms with Crippen LogP contribution in [-0.4, -0.2) is 21.7 Å². The average Bonchev–Trinajstić information content (AvgIpc) is 3.15. The van der Waals surface area contributed by atoms with Gasteiger partial charge in [-0.05, 0) is 36.5 Å². The van der Waals surface area contributed by atoms with Crippen molar-refractivity contribution < 1.29 is 4.74 Å². The lowest BCUT2D eigenvalue weighted by molar-refractivity contribution is 0.253. The molecule has 30 heavy (non-hydrogen) atoms. The highest BCUT2D eigenvalue weighted by Crippen LogP contribution is 2.39. The molecule has 4 aromatic rings. The van der Waals surface area contributed by atoms with E-state index in [4.69, 9.17) is 15.5 Å². The van der Waals surface area contributed by atoms with Crippen molar-refractivity contribution in [3.63, 3.8) is 0 Å². The van der Waals surface area contributed by atoms with Gasteiger partial charge in [0.2, 0.25) is 0 Å². The first-order chi connectivity index (χ1) is 14.7. The summed E-state index contributed by atoms with van der Waals surface area (Å²) in [6.45, 7) is 0. The molecule has 1 aliphatic carbocycles. The highest BCUT2D eigenvalue weighted by atomic mass is 16.5. The monoisotopic (exact) mass is 396 g/mol. The molecule has 2 heterocycles. The van der Waals surface area contributed by atoms with E-state index in [0.29, 0.717) is 11.4 Å². The average molecular weight is 396 g/mol. The minimum absolute atomic E-state index is 0.168. The Kier molecular flexibility index (Phi) is 4.60. The molecule has 1 fully saturated rings. The van der Waals surface area contributed by atoms with Crippen LogP contribution < -0.4 is 10.5 Å². The molecule has 0 saturated heterocycles. The van der Waals surface area contributed by atoms with Crippen LogP contribution in [-0.2, 0) is 5.54 Å². The predicted molar refractivity (Wildman–Crippen MR) is 120 cm³/mol. The third-order valence-corrected chi connectivity index (χ3v) is 5.95. The quantitative estimate of drug-likeness (QED) is 0.520. The molecule has 2 N–H and O–H groups in total. The molecule has 150 valence electrons. The van der Waals surface area contributed by atoms with Crippen molar-refractivity contribution in [2.24, 2.45) is 5.73 Å². The molecule has 1 saturated carbocycles. The first kappa shape index (κ1) is 18.6. The van der Waals surface area contributed by atoms with Gasteiger partial charge >= 0.3 is 0 Å². The summed E-state index contributed by atoms with van der Waals surface area (Å²) in [6, 6.07) is 20.5. The maximum Gasteiger partial charge on any atom is 0.197 e. The van der Waals surface area contributed by atoms with Crippen LogP contribution in [0.3, 0.4) is 0 Å². The number of aromatic nitrogens is 3. The molecule has 0 atom stereocenters. The standard InChI is InChI=1S/C25H24N4O/c1-30-22-14-17-27-29-21(13-8-18-6-3-2-4-7-18)23(28-24(22)29)19-9-11-20(12-10-19)25(26)15-5-16-25/h2-4,6-14,17H,5,15-16,26H2,1H3. The number of imidazole rings is 1. The van der Waals surface area contributed by atoms with Gasteiger partial charge in [-0.15, -0.1) is 0 Å². The number of nitrogens with two attached hydrogens (primary N) is 1. The number of rotatable bonds is 5. The van der Waals surface area contributed by atoms with Crippen molar-refractivity contribution >= 4 is 17.8 Å². The molecule has 2 aromatic carbocycles. The third-order valence-electron chi connectivity index (χ3n) is 5.95. The van der Waals surface area contributed by atoms with E-state index in [2.05, 4.69) is 53.6 Å². The highest BCUT2D eigenvalue weighted by molar-refractivity contribution is 5.80. The van der Waals surface area contributed by atoms with E-state index in [1.165, 1.54) is 12.0 Å². The van der Waals surface area contributed by atoms with Crippen molar-refractivity contribution in [3.8, 4) is 17.0 Å². The van der Waals surface area contributed by atoms with Crippen molar-refractivity contribution in [3.05, 3.63) is 83.7 Å². The molecule has 5 heteroatoms. The van der Waals surface area contributed by atoms with Gasteiger partial charge in [0.25, 0.3) is 0 Å². The van der Waals surface area contributed by atoms with Crippen LogP contribution in [0.4, 0.5) is 0 Å². The van der Waals surface area contributed by atoms with Crippen LogP contribution in [0.5, 0.6) is 5.75 Å². The summed E-state index contributed by atoms with van der Waals surface area (Å²) in [4.78, 5) is 4.88. The fourth-order valence-corrected chi connectivity index (χ4v) is 4.01. The zero-order valence-corrected chi connectivity index (χ0v) is 17.0. The number of hydrogen-bond donors (Lipinski definition) is 1. The molecule has 0 radical (unpaired) electrons. The van der Waals surface area contributed by atoms with E-state index < -0.39 is 0 Å². The number of fused-ring (bicyclic) bond motifs is 1. The largest absolute Gasteiger partial charge is 0.493 e. The van der Waals surface area contributed by atoms with Gasteiger partial charge < -0.3 is 10.5 Å². The van der Waals surface area contributed by atoms with Gasteiger partial charge in [0.15, 0.2) is 11.4 Å². The van der Waals surface area contributed by atoms with E-state index in [1.54, 1.807) is 13.3 Å². The van der Waals surface area contributed by atoms with E-state index >= 15 is 0 Å². The Labute approximate surface area is 175 Å². The normalized spacial score (nSPS) is 15.4. The Hall–Kier alpha value is -3.44. The molecule has 0 unspecified atom stereocenters. The smallest absolute Gasteiger partial charge is 0.197 e. The van der Waals surface area contributed by atoms with Crippen molar-refractivity contribution in [1.82, 2.24) is 14.6 Å². The van der Waals surface area contributed by atoms with Crippen LogP contribution >= 0.6 is 0 Å².